The Morgan fingerprint density at radius 3 is 2.71 bits per heavy atom. The van der Waals surface area contributed by atoms with E-state index < -0.39 is 0 Å². The summed E-state index contributed by atoms with van der Waals surface area (Å²) in [6, 6.07) is 9.00. The predicted molar refractivity (Wildman–Crippen MR) is 106 cm³/mol. The zero-order chi connectivity index (χ0) is 19.9. The molecule has 9 heteroatoms. The molecule has 0 saturated carbocycles. The number of carbonyl (C=O) groups excluding carboxylic acids is 1. The lowest BCUT2D eigenvalue weighted by atomic mass is 10.1. The molecule has 2 aromatic heterocycles. The lowest BCUT2D eigenvalue weighted by Crippen LogP contribution is -2.14. The molecule has 0 fully saturated rings. The molecule has 0 aliphatic rings. The number of ether oxygens (including phenoxy) is 3. The van der Waals surface area contributed by atoms with Crippen LogP contribution in [0, 0.1) is 0 Å². The van der Waals surface area contributed by atoms with Gasteiger partial charge >= 0.3 is 0 Å². The number of aromatic nitrogens is 3. The van der Waals surface area contributed by atoms with Crippen LogP contribution in [0.5, 0.6) is 17.4 Å². The largest absolute Gasteiger partial charge is 0.493 e. The molecule has 0 atom stereocenters. The maximum Gasteiger partial charge on any atom is 0.262 e. The molecule has 3 aromatic rings. The maximum atomic E-state index is 12.5. The van der Waals surface area contributed by atoms with Gasteiger partial charge in [0.25, 0.3) is 5.91 Å². The third-order valence-electron chi connectivity index (χ3n) is 3.79. The second kappa shape index (κ2) is 9.14. The van der Waals surface area contributed by atoms with E-state index in [1.807, 2.05) is 25.1 Å². The van der Waals surface area contributed by atoms with Crippen molar-refractivity contribution in [3.8, 4) is 17.4 Å². The first-order valence-corrected chi connectivity index (χ1v) is 9.38. The summed E-state index contributed by atoms with van der Waals surface area (Å²) in [7, 11) is 3.19. The van der Waals surface area contributed by atoms with Gasteiger partial charge in [-0.05, 0) is 36.8 Å². The molecular formula is C19H20N4O4S. The second-order valence-electron chi connectivity index (χ2n) is 5.61. The fourth-order valence-corrected chi connectivity index (χ4v) is 3.29. The number of pyridine rings is 1. The van der Waals surface area contributed by atoms with Crippen molar-refractivity contribution in [2.75, 3.05) is 26.1 Å². The van der Waals surface area contributed by atoms with Gasteiger partial charge in [0.2, 0.25) is 11.0 Å². The first-order chi connectivity index (χ1) is 13.6. The van der Waals surface area contributed by atoms with Crippen LogP contribution in [0.4, 0.5) is 5.13 Å². The Hall–Kier alpha value is -3.20. The number of methoxy groups -OCH3 is 2. The second-order valence-corrected chi connectivity index (χ2v) is 6.67. The van der Waals surface area contributed by atoms with Crippen molar-refractivity contribution in [2.45, 2.75) is 13.3 Å². The van der Waals surface area contributed by atoms with Crippen LogP contribution in [0.2, 0.25) is 0 Å². The monoisotopic (exact) mass is 400 g/mol. The minimum absolute atomic E-state index is 0.289. The van der Waals surface area contributed by atoms with Crippen molar-refractivity contribution in [1.29, 1.82) is 0 Å². The molecule has 1 N–H and O–H groups in total. The minimum atomic E-state index is -0.342. The standard InChI is InChI=1S/C19H20N4O4S/c1-4-27-18-13(6-5-9-20-18)17(24)21-19-23-22-16(28-19)11-12-7-8-14(25-2)15(10-12)26-3/h5-10H,4,11H2,1-3H3,(H,21,23,24). The Morgan fingerprint density at radius 2 is 1.96 bits per heavy atom. The quantitative estimate of drug-likeness (QED) is 0.620. The molecule has 28 heavy (non-hydrogen) atoms. The fraction of sp³-hybridized carbons (Fsp3) is 0.263. The van der Waals surface area contributed by atoms with Crippen LogP contribution in [0.25, 0.3) is 0 Å². The van der Waals surface area contributed by atoms with Crippen LogP contribution in [0.15, 0.2) is 36.5 Å². The molecule has 0 radical (unpaired) electrons. The summed E-state index contributed by atoms with van der Waals surface area (Å²) in [5.74, 6) is 1.26. The Labute approximate surface area is 166 Å². The Bertz CT molecular complexity index is 961. The van der Waals surface area contributed by atoms with Crippen LogP contribution in [-0.2, 0) is 6.42 Å². The number of carbonyl (C=O) groups is 1. The Morgan fingerprint density at radius 1 is 1.14 bits per heavy atom. The van der Waals surface area contributed by atoms with Crippen LogP contribution in [0.1, 0.15) is 27.9 Å². The summed E-state index contributed by atoms with van der Waals surface area (Å²) in [6.07, 6.45) is 2.14. The number of nitrogens with one attached hydrogen (secondary N) is 1. The molecule has 146 valence electrons. The van der Waals surface area contributed by atoms with E-state index in [0.717, 1.165) is 10.6 Å². The van der Waals surface area contributed by atoms with E-state index in [0.29, 0.717) is 35.2 Å². The summed E-state index contributed by atoms with van der Waals surface area (Å²) in [6.45, 7) is 2.26. The normalized spacial score (nSPS) is 10.4. The lowest BCUT2D eigenvalue weighted by molar-refractivity contribution is 0.102. The van der Waals surface area contributed by atoms with Gasteiger partial charge in [0.05, 0.1) is 20.8 Å². The van der Waals surface area contributed by atoms with Crippen molar-refractivity contribution < 1.29 is 19.0 Å². The van der Waals surface area contributed by atoms with Gasteiger partial charge in [-0.15, -0.1) is 10.2 Å². The summed E-state index contributed by atoms with van der Waals surface area (Å²) < 4.78 is 16.0. The average molecular weight is 400 g/mol. The zero-order valence-electron chi connectivity index (χ0n) is 15.8. The molecule has 0 unspecified atom stereocenters. The van der Waals surface area contributed by atoms with Crippen LogP contribution >= 0.6 is 11.3 Å². The highest BCUT2D eigenvalue weighted by Gasteiger charge is 2.16. The molecule has 8 nitrogen and oxygen atoms in total. The molecular weight excluding hydrogens is 380 g/mol. The minimum Gasteiger partial charge on any atom is -0.493 e. The highest BCUT2D eigenvalue weighted by Crippen LogP contribution is 2.29. The van der Waals surface area contributed by atoms with E-state index in [4.69, 9.17) is 14.2 Å². The number of amides is 1. The zero-order valence-corrected chi connectivity index (χ0v) is 16.6. The number of hydrogen-bond donors (Lipinski definition) is 1. The average Bonchev–Trinajstić information content (AvgIpc) is 3.15. The van der Waals surface area contributed by atoms with Crippen LogP contribution < -0.4 is 19.5 Å². The van der Waals surface area contributed by atoms with Gasteiger partial charge < -0.3 is 14.2 Å². The van der Waals surface area contributed by atoms with Crippen molar-refractivity contribution in [3.63, 3.8) is 0 Å². The number of hydrogen-bond acceptors (Lipinski definition) is 8. The maximum absolute atomic E-state index is 12.5. The molecule has 0 bridgehead atoms. The van der Waals surface area contributed by atoms with Gasteiger partial charge in [0.15, 0.2) is 11.5 Å². The van der Waals surface area contributed by atoms with Gasteiger partial charge in [-0.2, -0.15) is 0 Å². The van der Waals surface area contributed by atoms with Gasteiger partial charge in [0, 0.05) is 12.6 Å². The van der Waals surface area contributed by atoms with E-state index in [2.05, 4.69) is 20.5 Å². The molecule has 0 spiro atoms. The third-order valence-corrected chi connectivity index (χ3v) is 4.63. The molecule has 3 rings (SSSR count). The highest BCUT2D eigenvalue weighted by molar-refractivity contribution is 7.15. The number of rotatable bonds is 8. The molecule has 0 saturated heterocycles. The van der Waals surface area contributed by atoms with Crippen molar-refractivity contribution in [1.82, 2.24) is 15.2 Å². The summed E-state index contributed by atoms with van der Waals surface area (Å²) in [4.78, 5) is 16.6. The fourth-order valence-electron chi connectivity index (χ4n) is 2.52. The predicted octanol–water partition coefficient (Wildman–Crippen LogP) is 3.19. The number of anilines is 1. The van der Waals surface area contributed by atoms with E-state index in [-0.39, 0.29) is 11.8 Å². The molecule has 1 aromatic carbocycles. The lowest BCUT2D eigenvalue weighted by Gasteiger charge is -2.08. The van der Waals surface area contributed by atoms with Crippen molar-refractivity contribution in [3.05, 3.63) is 52.7 Å². The summed E-state index contributed by atoms with van der Waals surface area (Å²) in [5.41, 5.74) is 1.35. The first-order valence-electron chi connectivity index (χ1n) is 8.57. The van der Waals surface area contributed by atoms with Crippen molar-refractivity contribution in [2.24, 2.45) is 0 Å². The number of benzene rings is 1. The van der Waals surface area contributed by atoms with Gasteiger partial charge in [-0.3, -0.25) is 10.1 Å². The van der Waals surface area contributed by atoms with Crippen molar-refractivity contribution >= 4 is 22.4 Å². The van der Waals surface area contributed by atoms with Gasteiger partial charge in [-0.1, -0.05) is 17.4 Å². The van der Waals surface area contributed by atoms with E-state index in [1.54, 1.807) is 32.5 Å². The van der Waals surface area contributed by atoms with Crippen LogP contribution in [-0.4, -0.2) is 41.9 Å². The Balaban J connectivity index is 1.70. The van der Waals surface area contributed by atoms with Gasteiger partial charge in [0.1, 0.15) is 10.6 Å². The van der Waals surface area contributed by atoms with E-state index >= 15 is 0 Å². The summed E-state index contributed by atoms with van der Waals surface area (Å²) in [5, 5.41) is 12.1. The van der Waals surface area contributed by atoms with Gasteiger partial charge in [-0.25, -0.2) is 4.98 Å². The molecule has 0 aliphatic heterocycles. The molecule has 2 heterocycles. The summed E-state index contributed by atoms with van der Waals surface area (Å²) >= 11 is 1.31. The molecule has 1 amide bonds. The van der Waals surface area contributed by atoms with Crippen LogP contribution in [0.3, 0.4) is 0 Å². The first kappa shape index (κ1) is 19.6. The van der Waals surface area contributed by atoms with E-state index in [9.17, 15) is 4.79 Å². The highest BCUT2D eigenvalue weighted by atomic mass is 32.1. The SMILES string of the molecule is CCOc1ncccc1C(=O)Nc1nnc(Cc2ccc(OC)c(OC)c2)s1. The Kier molecular flexibility index (Phi) is 6.38. The smallest absolute Gasteiger partial charge is 0.262 e. The molecule has 0 aliphatic carbocycles. The third kappa shape index (κ3) is 4.55. The number of nitrogens with zero attached hydrogens (tertiary/aromatic N) is 3. The van der Waals surface area contributed by atoms with E-state index in [1.165, 1.54) is 11.3 Å². The topological polar surface area (TPSA) is 95.5 Å².